The third-order valence-electron chi connectivity index (χ3n) is 2.83. The quantitative estimate of drug-likeness (QED) is 0.819. The molecule has 2 aromatic rings. The molecule has 1 N–H and O–H groups in total. The van der Waals surface area contributed by atoms with Crippen LogP contribution in [0.1, 0.15) is 5.69 Å². The van der Waals surface area contributed by atoms with Crippen molar-refractivity contribution in [3.63, 3.8) is 0 Å². The average Bonchev–Trinajstić information content (AvgIpc) is 2.42. The monoisotopic (exact) mass is 247 g/mol. The normalized spacial score (nSPS) is 11.1. The Morgan fingerprint density at radius 1 is 1.11 bits per heavy atom. The Morgan fingerprint density at radius 2 is 1.78 bits per heavy atom. The number of aromatic nitrogens is 2. The van der Waals surface area contributed by atoms with E-state index in [1.54, 1.807) is 14.2 Å². The molecular weight excluding hydrogens is 230 g/mol. The molecule has 0 unspecified atom stereocenters. The second kappa shape index (κ2) is 5.75. The Labute approximate surface area is 106 Å². The third kappa shape index (κ3) is 2.57. The summed E-state index contributed by atoms with van der Waals surface area (Å²) in [6, 6.07) is 8.04. The number of nitrogens with one attached hydrogen (secondary N) is 1. The van der Waals surface area contributed by atoms with Crippen LogP contribution in [0.15, 0.2) is 24.3 Å². The number of nitrogens with zero attached hydrogens (tertiary/aromatic N) is 2. The van der Waals surface area contributed by atoms with Gasteiger partial charge in [0.15, 0.2) is 12.1 Å². The zero-order valence-corrected chi connectivity index (χ0v) is 10.8. The molecule has 0 aliphatic heterocycles. The van der Waals surface area contributed by atoms with Gasteiger partial charge in [0, 0.05) is 25.0 Å². The predicted octanol–water partition coefficient (Wildman–Crippen LogP) is 1.97. The molecule has 0 saturated carbocycles. The van der Waals surface area contributed by atoms with Crippen LogP contribution in [0.5, 0.6) is 0 Å². The maximum Gasteiger partial charge on any atom is 0.173 e. The number of rotatable bonds is 5. The fraction of sp³-hybridized carbons (Fsp3) is 0.385. The highest BCUT2D eigenvalue weighted by atomic mass is 16.7. The van der Waals surface area contributed by atoms with E-state index in [1.165, 1.54) is 0 Å². The van der Waals surface area contributed by atoms with Crippen LogP contribution >= 0.6 is 0 Å². The van der Waals surface area contributed by atoms with Gasteiger partial charge < -0.3 is 14.8 Å². The maximum atomic E-state index is 5.12. The molecule has 0 amide bonds. The summed E-state index contributed by atoms with van der Waals surface area (Å²) in [5, 5.41) is 13.7. The Hall–Kier alpha value is -1.72. The molecule has 18 heavy (non-hydrogen) atoms. The number of ether oxygens (including phenoxy) is 2. The van der Waals surface area contributed by atoms with Crippen molar-refractivity contribution in [1.82, 2.24) is 10.2 Å². The minimum atomic E-state index is -0.299. The van der Waals surface area contributed by atoms with Crippen molar-refractivity contribution < 1.29 is 9.47 Å². The molecule has 0 atom stereocenters. The van der Waals surface area contributed by atoms with E-state index in [0.29, 0.717) is 6.54 Å². The first-order chi connectivity index (χ1) is 8.76. The van der Waals surface area contributed by atoms with Crippen molar-refractivity contribution in [3.8, 4) is 0 Å². The Balaban J connectivity index is 2.26. The van der Waals surface area contributed by atoms with Crippen LogP contribution in [-0.2, 0) is 9.47 Å². The number of hydrogen-bond acceptors (Lipinski definition) is 5. The van der Waals surface area contributed by atoms with Crippen molar-refractivity contribution in [2.45, 2.75) is 13.2 Å². The van der Waals surface area contributed by atoms with E-state index in [1.807, 2.05) is 31.2 Å². The summed E-state index contributed by atoms with van der Waals surface area (Å²) >= 11 is 0. The number of benzene rings is 1. The zero-order chi connectivity index (χ0) is 13.0. The Kier molecular flexibility index (Phi) is 4.07. The standard InChI is InChI=1S/C13H17N3O2/c1-9-10-6-4-5-7-11(10)13(16-15-9)14-8-12(17-2)18-3/h4-7,12H,8H2,1-3H3,(H,14,16). The van der Waals surface area contributed by atoms with Crippen molar-refractivity contribution in [3.05, 3.63) is 30.0 Å². The lowest BCUT2D eigenvalue weighted by Gasteiger charge is -2.15. The van der Waals surface area contributed by atoms with E-state index in [9.17, 15) is 0 Å². The number of anilines is 1. The summed E-state index contributed by atoms with van der Waals surface area (Å²) in [6.45, 7) is 2.47. The topological polar surface area (TPSA) is 56.3 Å². The number of aryl methyl sites for hydroxylation is 1. The van der Waals surface area contributed by atoms with Gasteiger partial charge in [-0.2, -0.15) is 5.10 Å². The van der Waals surface area contributed by atoms with Crippen LogP contribution in [0.2, 0.25) is 0 Å². The lowest BCUT2D eigenvalue weighted by Crippen LogP contribution is -2.24. The van der Waals surface area contributed by atoms with E-state index in [4.69, 9.17) is 9.47 Å². The third-order valence-corrected chi connectivity index (χ3v) is 2.83. The molecule has 0 bridgehead atoms. The summed E-state index contributed by atoms with van der Waals surface area (Å²) in [7, 11) is 3.21. The van der Waals surface area contributed by atoms with Crippen molar-refractivity contribution >= 4 is 16.6 Å². The first-order valence-corrected chi connectivity index (χ1v) is 5.77. The van der Waals surface area contributed by atoms with Crippen molar-refractivity contribution in [1.29, 1.82) is 0 Å². The molecule has 0 saturated heterocycles. The molecule has 0 aliphatic rings. The first kappa shape index (κ1) is 12.7. The highest BCUT2D eigenvalue weighted by molar-refractivity contribution is 5.92. The molecule has 1 aromatic heterocycles. The van der Waals surface area contributed by atoms with Gasteiger partial charge in [0.2, 0.25) is 0 Å². The predicted molar refractivity (Wildman–Crippen MR) is 70.6 cm³/mol. The highest BCUT2D eigenvalue weighted by Gasteiger charge is 2.09. The van der Waals surface area contributed by atoms with Gasteiger partial charge in [-0.25, -0.2) is 0 Å². The summed E-state index contributed by atoms with van der Waals surface area (Å²) in [6.07, 6.45) is -0.299. The van der Waals surface area contributed by atoms with Crippen LogP contribution in [0, 0.1) is 6.92 Å². The Morgan fingerprint density at radius 3 is 2.44 bits per heavy atom. The van der Waals surface area contributed by atoms with Crippen molar-refractivity contribution in [2.24, 2.45) is 0 Å². The van der Waals surface area contributed by atoms with E-state index < -0.39 is 0 Å². The van der Waals surface area contributed by atoms with Gasteiger partial charge in [0.1, 0.15) is 0 Å². The van der Waals surface area contributed by atoms with Crippen LogP contribution in [0.3, 0.4) is 0 Å². The summed E-state index contributed by atoms with van der Waals surface area (Å²) in [5.74, 6) is 0.746. The minimum absolute atomic E-state index is 0.299. The van der Waals surface area contributed by atoms with Gasteiger partial charge in [-0.05, 0) is 6.92 Å². The molecule has 5 nitrogen and oxygen atoms in total. The van der Waals surface area contributed by atoms with Crippen molar-refractivity contribution in [2.75, 3.05) is 26.1 Å². The summed E-state index contributed by atoms with van der Waals surface area (Å²) < 4.78 is 10.2. The maximum absolute atomic E-state index is 5.12. The first-order valence-electron chi connectivity index (χ1n) is 5.77. The van der Waals surface area contributed by atoms with Gasteiger partial charge in [0.05, 0.1) is 12.2 Å². The van der Waals surface area contributed by atoms with E-state index >= 15 is 0 Å². The van der Waals surface area contributed by atoms with E-state index in [2.05, 4.69) is 15.5 Å². The molecule has 0 radical (unpaired) electrons. The van der Waals surface area contributed by atoms with Crippen LogP contribution < -0.4 is 5.32 Å². The smallest absolute Gasteiger partial charge is 0.173 e. The SMILES string of the molecule is COC(CNc1nnc(C)c2ccccc12)OC. The molecule has 5 heteroatoms. The van der Waals surface area contributed by atoms with Crippen LogP contribution in [0.4, 0.5) is 5.82 Å². The van der Waals surface area contributed by atoms with E-state index in [0.717, 1.165) is 22.3 Å². The lowest BCUT2D eigenvalue weighted by molar-refractivity contribution is -0.0914. The van der Waals surface area contributed by atoms with Gasteiger partial charge in [0.25, 0.3) is 0 Å². The highest BCUT2D eigenvalue weighted by Crippen LogP contribution is 2.22. The largest absolute Gasteiger partial charge is 0.363 e. The Bertz CT molecular complexity index is 527. The fourth-order valence-electron chi connectivity index (χ4n) is 1.81. The van der Waals surface area contributed by atoms with Crippen LogP contribution in [-0.4, -0.2) is 37.3 Å². The molecule has 2 rings (SSSR count). The number of hydrogen-bond donors (Lipinski definition) is 1. The summed E-state index contributed by atoms with van der Waals surface area (Å²) in [4.78, 5) is 0. The average molecular weight is 247 g/mol. The van der Waals surface area contributed by atoms with Gasteiger partial charge in [-0.1, -0.05) is 24.3 Å². The molecule has 0 aliphatic carbocycles. The lowest BCUT2D eigenvalue weighted by atomic mass is 10.1. The molecule has 0 fully saturated rings. The molecule has 1 aromatic carbocycles. The molecular formula is C13H17N3O2. The molecule has 96 valence electrons. The summed E-state index contributed by atoms with van der Waals surface area (Å²) in [5.41, 5.74) is 0.922. The molecule has 0 spiro atoms. The van der Waals surface area contributed by atoms with E-state index in [-0.39, 0.29) is 6.29 Å². The van der Waals surface area contributed by atoms with Gasteiger partial charge in [-0.15, -0.1) is 5.10 Å². The second-order valence-corrected chi connectivity index (χ2v) is 3.96. The second-order valence-electron chi connectivity index (χ2n) is 3.96. The minimum Gasteiger partial charge on any atom is -0.363 e. The number of fused-ring (bicyclic) bond motifs is 1. The van der Waals surface area contributed by atoms with Crippen LogP contribution in [0.25, 0.3) is 10.8 Å². The van der Waals surface area contributed by atoms with Gasteiger partial charge in [-0.3, -0.25) is 0 Å². The van der Waals surface area contributed by atoms with Gasteiger partial charge >= 0.3 is 0 Å². The zero-order valence-electron chi connectivity index (χ0n) is 10.8. The fourth-order valence-corrected chi connectivity index (χ4v) is 1.81. The molecule has 1 heterocycles. The number of methoxy groups -OCH3 is 2.